The average Bonchev–Trinajstić information content (AvgIpc) is 2.13. The van der Waals surface area contributed by atoms with Gasteiger partial charge in [-0.05, 0) is 26.2 Å². The molecule has 0 aliphatic heterocycles. The van der Waals surface area contributed by atoms with Gasteiger partial charge in [-0.25, -0.2) is 0 Å². The van der Waals surface area contributed by atoms with Crippen LogP contribution in [0, 0.1) is 5.92 Å². The summed E-state index contributed by atoms with van der Waals surface area (Å²) in [6, 6.07) is -0.519. The zero-order chi connectivity index (χ0) is 11.8. The summed E-state index contributed by atoms with van der Waals surface area (Å²) in [5.41, 5.74) is 5.68. The summed E-state index contributed by atoms with van der Waals surface area (Å²) in [5, 5.41) is 0. The topological polar surface area (TPSA) is 61.5 Å². The highest BCUT2D eigenvalue weighted by molar-refractivity contribution is 5.75. The van der Waals surface area contributed by atoms with Crippen molar-refractivity contribution >= 4 is 5.97 Å². The lowest BCUT2D eigenvalue weighted by atomic mass is 10.1. The summed E-state index contributed by atoms with van der Waals surface area (Å²) in [6.45, 7) is 8.80. The molecule has 0 rings (SSSR count). The Kier molecular flexibility index (Phi) is 7.34. The predicted octanol–water partition coefficient (Wildman–Crippen LogP) is 1.33. The molecule has 0 aromatic rings. The zero-order valence-corrected chi connectivity index (χ0v) is 10.2. The molecule has 4 nitrogen and oxygen atoms in total. The first-order valence-corrected chi connectivity index (χ1v) is 5.51. The van der Waals surface area contributed by atoms with Crippen LogP contribution < -0.4 is 5.73 Å². The molecule has 0 heterocycles. The molecule has 2 atom stereocenters. The minimum absolute atomic E-state index is 0.226. The van der Waals surface area contributed by atoms with E-state index in [2.05, 4.69) is 0 Å². The Balaban J connectivity index is 3.80. The number of hydrogen-bond donors (Lipinski definition) is 1. The molecule has 0 spiro atoms. The smallest absolute Gasteiger partial charge is 0.323 e. The Morgan fingerprint density at radius 1 is 1.33 bits per heavy atom. The highest BCUT2D eigenvalue weighted by atomic mass is 16.6. The first kappa shape index (κ1) is 14.4. The maximum atomic E-state index is 11.4. The molecule has 0 aliphatic rings. The Bertz CT molecular complexity index is 183. The fourth-order valence-corrected chi connectivity index (χ4v) is 1.21. The van der Waals surface area contributed by atoms with Crippen molar-refractivity contribution in [1.29, 1.82) is 0 Å². The summed E-state index contributed by atoms with van der Waals surface area (Å²) in [5.74, 6) is 0.0608. The van der Waals surface area contributed by atoms with Crippen LogP contribution >= 0.6 is 0 Å². The lowest BCUT2D eigenvalue weighted by molar-refractivity contribution is -0.152. The summed E-state index contributed by atoms with van der Waals surface area (Å²) in [4.78, 5) is 11.4. The van der Waals surface area contributed by atoms with Crippen molar-refractivity contribution in [2.24, 2.45) is 11.7 Å². The first-order valence-electron chi connectivity index (χ1n) is 5.51. The van der Waals surface area contributed by atoms with Crippen LogP contribution in [0.1, 0.15) is 34.1 Å². The second kappa shape index (κ2) is 7.65. The Morgan fingerprint density at radius 2 is 1.93 bits per heavy atom. The largest absolute Gasteiger partial charge is 0.459 e. The number of hydrogen-bond acceptors (Lipinski definition) is 4. The molecular formula is C11H23NO3. The second-order valence-corrected chi connectivity index (χ2v) is 4.14. The van der Waals surface area contributed by atoms with Crippen LogP contribution in [0.5, 0.6) is 0 Å². The van der Waals surface area contributed by atoms with Crippen LogP contribution in [0.25, 0.3) is 0 Å². The van der Waals surface area contributed by atoms with E-state index in [4.69, 9.17) is 15.2 Å². The van der Waals surface area contributed by atoms with Gasteiger partial charge in [-0.3, -0.25) is 4.79 Å². The van der Waals surface area contributed by atoms with Gasteiger partial charge in [0.1, 0.15) is 12.1 Å². The van der Waals surface area contributed by atoms with Crippen molar-refractivity contribution in [3.63, 3.8) is 0 Å². The number of carbonyl (C=O) groups excluding carboxylic acids is 1. The van der Waals surface area contributed by atoms with Crippen LogP contribution in [0.15, 0.2) is 0 Å². The van der Waals surface area contributed by atoms with E-state index in [1.807, 2.05) is 20.8 Å². The lowest BCUT2D eigenvalue weighted by Crippen LogP contribution is -2.36. The molecular weight excluding hydrogens is 194 g/mol. The lowest BCUT2D eigenvalue weighted by Gasteiger charge is -2.17. The van der Waals surface area contributed by atoms with Crippen molar-refractivity contribution in [2.75, 3.05) is 13.2 Å². The molecule has 0 bridgehead atoms. The van der Waals surface area contributed by atoms with Gasteiger partial charge in [-0.2, -0.15) is 0 Å². The number of ether oxygens (including phenoxy) is 2. The summed E-state index contributed by atoms with van der Waals surface area (Å²) < 4.78 is 10.3. The molecule has 0 saturated carbocycles. The molecule has 0 fully saturated rings. The molecule has 15 heavy (non-hydrogen) atoms. The van der Waals surface area contributed by atoms with Crippen LogP contribution in [0.3, 0.4) is 0 Å². The maximum absolute atomic E-state index is 11.4. The Morgan fingerprint density at radius 3 is 2.40 bits per heavy atom. The van der Waals surface area contributed by atoms with Crippen LogP contribution in [0.2, 0.25) is 0 Å². The van der Waals surface area contributed by atoms with Gasteiger partial charge >= 0.3 is 5.97 Å². The maximum Gasteiger partial charge on any atom is 0.323 e. The molecule has 0 aliphatic carbocycles. The number of esters is 1. The fraction of sp³-hybridized carbons (Fsp3) is 0.909. The van der Waals surface area contributed by atoms with E-state index in [1.54, 1.807) is 6.92 Å². The van der Waals surface area contributed by atoms with E-state index in [0.29, 0.717) is 25.6 Å². The Labute approximate surface area is 92.1 Å². The third-order valence-corrected chi connectivity index (χ3v) is 1.90. The SMILES string of the molecule is CCOCC(C)OC(=O)[C@@H](N)CC(C)C. The summed E-state index contributed by atoms with van der Waals surface area (Å²) >= 11 is 0. The molecule has 1 unspecified atom stereocenters. The minimum atomic E-state index is -0.519. The van der Waals surface area contributed by atoms with Crippen molar-refractivity contribution in [3.8, 4) is 0 Å². The molecule has 2 N–H and O–H groups in total. The quantitative estimate of drug-likeness (QED) is 0.653. The van der Waals surface area contributed by atoms with E-state index in [1.165, 1.54) is 0 Å². The Hall–Kier alpha value is -0.610. The van der Waals surface area contributed by atoms with E-state index < -0.39 is 6.04 Å². The van der Waals surface area contributed by atoms with Gasteiger partial charge in [0.15, 0.2) is 0 Å². The molecule has 4 heteroatoms. The van der Waals surface area contributed by atoms with E-state index in [9.17, 15) is 4.79 Å². The summed E-state index contributed by atoms with van der Waals surface area (Å²) in [7, 11) is 0. The van der Waals surface area contributed by atoms with Crippen molar-refractivity contribution < 1.29 is 14.3 Å². The minimum Gasteiger partial charge on any atom is -0.459 e. The molecule has 0 amide bonds. The van der Waals surface area contributed by atoms with Crippen molar-refractivity contribution in [1.82, 2.24) is 0 Å². The number of nitrogens with two attached hydrogens (primary N) is 1. The first-order chi connectivity index (χ1) is 6.97. The van der Waals surface area contributed by atoms with Gasteiger partial charge in [0.05, 0.1) is 6.61 Å². The molecule has 0 aromatic carbocycles. The predicted molar refractivity (Wildman–Crippen MR) is 59.5 cm³/mol. The highest BCUT2D eigenvalue weighted by Gasteiger charge is 2.18. The van der Waals surface area contributed by atoms with Crippen molar-refractivity contribution in [2.45, 2.75) is 46.3 Å². The standard InChI is InChI=1S/C11H23NO3/c1-5-14-7-9(4)15-11(13)10(12)6-8(2)3/h8-10H,5-7,12H2,1-4H3/t9?,10-/m0/s1. The average molecular weight is 217 g/mol. The van der Waals surface area contributed by atoms with Gasteiger partial charge in [-0.15, -0.1) is 0 Å². The molecule has 0 saturated heterocycles. The third kappa shape index (κ3) is 7.33. The molecule has 0 aromatic heterocycles. The van der Waals surface area contributed by atoms with E-state index in [0.717, 1.165) is 0 Å². The van der Waals surface area contributed by atoms with Crippen LogP contribution in [-0.4, -0.2) is 31.3 Å². The summed E-state index contributed by atoms with van der Waals surface area (Å²) in [6.07, 6.45) is 0.427. The van der Waals surface area contributed by atoms with Gasteiger partial charge in [0.2, 0.25) is 0 Å². The normalized spacial score (nSPS) is 15.1. The van der Waals surface area contributed by atoms with Gasteiger partial charge in [0.25, 0.3) is 0 Å². The van der Waals surface area contributed by atoms with Gasteiger partial charge in [-0.1, -0.05) is 13.8 Å². The van der Waals surface area contributed by atoms with Crippen molar-refractivity contribution in [3.05, 3.63) is 0 Å². The van der Waals surface area contributed by atoms with Crippen LogP contribution in [-0.2, 0) is 14.3 Å². The zero-order valence-electron chi connectivity index (χ0n) is 10.2. The molecule has 0 radical (unpaired) electrons. The third-order valence-electron chi connectivity index (χ3n) is 1.90. The van der Waals surface area contributed by atoms with Gasteiger partial charge in [0, 0.05) is 6.61 Å². The second-order valence-electron chi connectivity index (χ2n) is 4.14. The van der Waals surface area contributed by atoms with E-state index in [-0.39, 0.29) is 12.1 Å². The molecule has 90 valence electrons. The fourth-order valence-electron chi connectivity index (χ4n) is 1.21. The highest BCUT2D eigenvalue weighted by Crippen LogP contribution is 2.05. The number of rotatable bonds is 7. The number of carbonyl (C=O) groups is 1. The van der Waals surface area contributed by atoms with E-state index >= 15 is 0 Å². The van der Waals surface area contributed by atoms with Crippen LogP contribution in [0.4, 0.5) is 0 Å². The van der Waals surface area contributed by atoms with Gasteiger partial charge < -0.3 is 15.2 Å². The monoisotopic (exact) mass is 217 g/mol.